The summed E-state index contributed by atoms with van der Waals surface area (Å²) in [6, 6.07) is 2.00. The van der Waals surface area contributed by atoms with Crippen molar-refractivity contribution in [3.05, 3.63) is 21.7 Å². The van der Waals surface area contributed by atoms with E-state index < -0.39 is 0 Å². The number of benzene rings is 1. The largest absolute Gasteiger partial charge is 0.496 e. The lowest BCUT2D eigenvalue weighted by Crippen LogP contribution is -2.39. The zero-order valence-electron chi connectivity index (χ0n) is 13.6. The number of anilines is 1. The van der Waals surface area contributed by atoms with Gasteiger partial charge in [0.25, 0.3) is 0 Å². The highest BCUT2D eigenvalue weighted by atomic mass is 79.9. The molecule has 1 aliphatic heterocycles. The molecule has 1 N–H and O–H groups in total. The molecule has 1 aromatic carbocycles. The van der Waals surface area contributed by atoms with Crippen LogP contribution in [0.2, 0.25) is 0 Å². The Hall–Kier alpha value is -1.07. The van der Waals surface area contributed by atoms with E-state index in [4.69, 9.17) is 4.74 Å². The molecule has 0 radical (unpaired) electrons. The molecule has 4 nitrogen and oxygen atoms in total. The van der Waals surface area contributed by atoms with Gasteiger partial charge in [-0.15, -0.1) is 0 Å². The summed E-state index contributed by atoms with van der Waals surface area (Å²) in [5, 5.41) is 9.36. The van der Waals surface area contributed by atoms with Gasteiger partial charge in [-0.2, -0.15) is 0 Å². The number of halogens is 1. The van der Waals surface area contributed by atoms with Crippen molar-refractivity contribution in [3.63, 3.8) is 0 Å². The summed E-state index contributed by atoms with van der Waals surface area (Å²) in [7, 11) is 1.65. The molecule has 2 rings (SSSR count). The van der Waals surface area contributed by atoms with Gasteiger partial charge in [0, 0.05) is 29.1 Å². The number of ether oxygens (including phenoxy) is 1. The SMILES string of the molecule is COc1cc(C)c(Br)c2c1[C@H](CCO)CCN2C(=O)C(C)C. The van der Waals surface area contributed by atoms with Gasteiger partial charge < -0.3 is 14.7 Å². The predicted molar refractivity (Wildman–Crippen MR) is 91.7 cm³/mol. The first kappa shape index (κ1) is 17.3. The van der Waals surface area contributed by atoms with Crippen LogP contribution in [-0.2, 0) is 4.79 Å². The summed E-state index contributed by atoms with van der Waals surface area (Å²) in [6.07, 6.45) is 1.53. The number of rotatable bonds is 4. The fourth-order valence-corrected chi connectivity index (χ4v) is 3.65. The average molecular weight is 370 g/mol. The quantitative estimate of drug-likeness (QED) is 0.881. The van der Waals surface area contributed by atoms with Crippen LogP contribution >= 0.6 is 15.9 Å². The second kappa shape index (κ2) is 7.01. The summed E-state index contributed by atoms with van der Waals surface area (Å²) >= 11 is 3.65. The first-order chi connectivity index (χ1) is 10.4. The molecule has 122 valence electrons. The summed E-state index contributed by atoms with van der Waals surface area (Å²) in [5.41, 5.74) is 3.00. The minimum atomic E-state index is -0.0550. The third kappa shape index (κ3) is 3.01. The van der Waals surface area contributed by atoms with E-state index in [0.717, 1.165) is 33.5 Å². The van der Waals surface area contributed by atoms with Gasteiger partial charge in [-0.1, -0.05) is 13.8 Å². The van der Waals surface area contributed by atoms with Crippen LogP contribution in [0.15, 0.2) is 10.5 Å². The Balaban J connectivity index is 2.64. The first-order valence-electron chi connectivity index (χ1n) is 7.71. The first-order valence-corrected chi connectivity index (χ1v) is 8.50. The molecule has 1 amide bonds. The number of amides is 1. The Labute approximate surface area is 140 Å². The highest BCUT2D eigenvalue weighted by molar-refractivity contribution is 9.10. The summed E-state index contributed by atoms with van der Waals surface area (Å²) in [4.78, 5) is 14.5. The Morgan fingerprint density at radius 2 is 2.23 bits per heavy atom. The fraction of sp³-hybridized carbons (Fsp3) is 0.588. The Bertz CT molecular complexity index is 572. The third-order valence-electron chi connectivity index (χ3n) is 4.26. The molecule has 0 aromatic heterocycles. The van der Waals surface area contributed by atoms with Gasteiger partial charge in [-0.3, -0.25) is 4.79 Å². The molecule has 0 bridgehead atoms. The molecule has 0 saturated carbocycles. The van der Waals surface area contributed by atoms with E-state index in [1.54, 1.807) is 7.11 Å². The molecule has 0 saturated heterocycles. The van der Waals surface area contributed by atoms with Gasteiger partial charge >= 0.3 is 0 Å². The lowest BCUT2D eigenvalue weighted by atomic mass is 9.85. The van der Waals surface area contributed by atoms with E-state index >= 15 is 0 Å². The maximum absolute atomic E-state index is 12.6. The van der Waals surface area contributed by atoms with Crippen LogP contribution in [0.4, 0.5) is 5.69 Å². The van der Waals surface area contributed by atoms with Crippen molar-refractivity contribution in [1.82, 2.24) is 0 Å². The number of aliphatic hydroxyl groups excluding tert-OH is 1. The normalized spacial score (nSPS) is 17.6. The predicted octanol–water partition coefficient (Wildman–Crippen LogP) is 3.62. The molecule has 1 aromatic rings. The monoisotopic (exact) mass is 369 g/mol. The number of carbonyl (C=O) groups is 1. The zero-order chi connectivity index (χ0) is 16.4. The number of hydrogen-bond acceptors (Lipinski definition) is 3. The molecule has 0 spiro atoms. The Morgan fingerprint density at radius 1 is 1.55 bits per heavy atom. The second-order valence-corrected chi connectivity index (χ2v) is 6.91. The van der Waals surface area contributed by atoms with Crippen LogP contribution in [0.5, 0.6) is 5.75 Å². The molecule has 5 heteroatoms. The lowest BCUT2D eigenvalue weighted by Gasteiger charge is -2.37. The van der Waals surface area contributed by atoms with Gasteiger partial charge in [0.15, 0.2) is 0 Å². The number of carbonyl (C=O) groups excluding carboxylic acids is 1. The van der Waals surface area contributed by atoms with Crippen molar-refractivity contribution in [2.24, 2.45) is 5.92 Å². The van der Waals surface area contributed by atoms with Crippen LogP contribution in [0.3, 0.4) is 0 Å². The summed E-state index contributed by atoms with van der Waals surface area (Å²) in [6.45, 7) is 6.66. The van der Waals surface area contributed by atoms with Crippen LogP contribution in [0, 0.1) is 12.8 Å². The van der Waals surface area contributed by atoms with E-state index in [1.165, 1.54) is 0 Å². The second-order valence-electron chi connectivity index (χ2n) is 6.11. The van der Waals surface area contributed by atoms with Crippen LogP contribution in [0.1, 0.15) is 43.7 Å². The molecule has 0 fully saturated rings. The highest BCUT2D eigenvalue weighted by Gasteiger charge is 2.34. The number of hydrogen-bond donors (Lipinski definition) is 1. The van der Waals surface area contributed by atoms with E-state index in [-0.39, 0.29) is 24.3 Å². The Morgan fingerprint density at radius 3 is 2.77 bits per heavy atom. The van der Waals surface area contributed by atoms with Crippen molar-refractivity contribution in [2.45, 2.75) is 39.5 Å². The van der Waals surface area contributed by atoms with Crippen molar-refractivity contribution >= 4 is 27.5 Å². The van der Waals surface area contributed by atoms with E-state index in [0.29, 0.717) is 13.0 Å². The molecule has 1 aliphatic rings. The van der Waals surface area contributed by atoms with Crippen molar-refractivity contribution in [2.75, 3.05) is 25.2 Å². The summed E-state index contributed by atoms with van der Waals surface area (Å²) in [5.74, 6) is 1.08. The van der Waals surface area contributed by atoms with E-state index in [1.807, 2.05) is 31.7 Å². The van der Waals surface area contributed by atoms with E-state index in [9.17, 15) is 9.90 Å². The zero-order valence-corrected chi connectivity index (χ0v) is 15.2. The Kier molecular flexibility index (Phi) is 5.50. The van der Waals surface area contributed by atoms with Crippen molar-refractivity contribution < 1.29 is 14.6 Å². The van der Waals surface area contributed by atoms with E-state index in [2.05, 4.69) is 15.9 Å². The van der Waals surface area contributed by atoms with Gasteiger partial charge in [-0.25, -0.2) is 0 Å². The third-order valence-corrected chi connectivity index (χ3v) is 5.26. The molecule has 0 unspecified atom stereocenters. The average Bonchev–Trinajstić information content (AvgIpc) is 2.50. The van der Waals surface area contributed by atoms with Crippen molar-refractivity contribution in [3.8, 4) is 5.75 Å². The van der Waals surface area contributed by atoms with Crippen LogP contribution < -0.4 is 9.64 Å². The highest BCUT2D eigenvalue weighted by Crippen LogP contribution is 2.48. The molecular formula is C17H24BrNO3. The summed E-state index contributed by atoms with van der Waals surface area (Å²) < 4.78 is 6.52. The topological polar surface area (TPSA) is 49.8 Å². The molecular weight excluding hydrogens is 346 g/mol. The maximum atomic E-state index is 12.6. The standard InChI is InChI=1S/C17H24BrNO3/c1-10(2)17(21)19-7-5-12(6-8-20)14-13(22-4)9-11(3)15(18)16(14)19/h9-10,12,20H,5-8H2,1-4H3/t12-/m0/s1. The number of methoxy groups -OCH3 is 1. The molecule has 1 heterocycles. The van der Waals surface area contributed by atoms with Gasteiger partial charge in [0.05, 0.1) is 12.8 Å². The van der Waals surface area contributed by atoms with Crippen molar-refractivity contribution in [1.29, 1.82) is 0 Å². The van der Waals surface area contributed by atoms with Gasteiger partial charge in [-0.05, 0) is 53.2 Å². The molecule has 1 atom stereocenters. The minimum Gasteiger partial charge on any atom is -0.496 e. The lowest BCUT2D eigenvalue weighted by molar-refractivity contribution is -0.121. The molecule has 0 aliphatic carbocycles. The fourth-order valence-electron chi connectivity index (χ4n) is 3.10. The van der Waals surface area contributed by atoms with Gasteiger partial charge in [0.1, 0.15) is 5.75 Å². The number of aliphatic hydroxyl groups is 1. The minimum absolute atomic E-state index is 0.0550. The maximum Gasteiger partial charge on any atom is 0.229 e. The van der Waals surface area contributed by atoms with Gasteiger partial charge in [0.2, 0.25) is 5.91 Å². The van der Waals surface area contributed by atoms with Crippen LogP contribution in [-0.4, -0.2) is 31.3 Å². The number of aryl methyl sites for hydroxylation is 1. The smallest absolute Gasteiger partial charge is 0.229 e. The number of nitrogens with zero attached hydrogens (tertiary/aromatic N) is 1. The molecule has 22 heavy (non-hydrogen) atoms. The van der Waals surface area contributed by atoms with Crippen LogP contribution in [0.25, 0.3) is 0 Å². The number of fused-ring (bicyclic) bond motifs is 1.